The van der Waals surface area contributed by atoms with Crippen LogP contribution in [0.25, 0.3) is 0 Å². The molecular formula is C14H16N2O3. The van der Waals surface area contributed by atoms with Crippen molar-refractivity contribution < 1.29 is 14.1 Å². The molecule has 1 amide bonds. The standard InChI is InChI=1S/C14H16N2O3/c1-10-13(11(2)19-16-10)14(17)15-8-9-18-12-6-4-3-5-7-12/h3-7H,8-9H2,1-2H3,(H,15,17). The van der Waals surface area contributed by atoms with Crippen LogP contribution in [0.2, 0.25) is 0 Å². The molecule has 0 saturated heterocycles. The zero-order valence-corrected chi connectivity index (χ0v) is 11.0. The third kappa shape index (κ3) is 3.34. The molecule has 100 valence electrons. The Morgan fingerprint density at radius 3 is 2.68 bits per heavy atom. The lowest BCUT2D eigenvalue weighted by molar-refractivity contribution is 0.0945. The van der Waals surface area contributed by atoms with Crippen molar-refractivity contribution in [2.45, 2.75) is 13.8 Å². The van der Waals surface area contributed by atoms with Crippen LogP contribution in [0.3, 0.4) is 0 Å². The minimum atomic E-state index is -0.187. The Kier molecular flexibility index (Phi) is 4.18. The van der Waals surface area contributed by atoms with Crippen LogP contribution in [-0.2, 0) is 0 Å². The zero-order valence-electron chi connectivity index (χ0n) is 11.0. The van der Waals surface area contributed by atoms with Crippen LogP contribution in [0.15, 0.2) is 34.9 Å². The number of aryl methyl sites for hydroxylation is 2. The quantitative estimate of drug-likeness (QED) is 0.836. The molecule has 0 bridgehead atoms. The number of hydrogen-bond donors (Lipinski definition) is 1. The molecule has 0 unspecified atom stereocenters. The van der Waals surface area contributed by atoms with E-state index in [0.717, 1.165) is 5.75 Å². The summed E-state index contributed by atoms with van der Waals surface area (Å²) < 4.78 is 10.4. The fourth-order valence-electron chi connectivity index (χ4n) is 1.75. The van der Waals surface area contributed by atoms with Gasteiger partial charge in [0.05, 0.1) is 12.2 Å². The molecule has 0 spiro atoms. The maximum absolute atomic E-state index is 11.9. The predicted molar refractivity (Wildman–Crippen MR) is 70.2 cm³/mol. The number of carbonyl (C=O) groups excluding carboxylic acids is 1. The van der Waals surface area contributed by atoms with Gasteiger partial charge >= 0.3 is 0 Å². The normalized spacial score (nSPS) is 10.2. The highest BCUT2D eigenvalue weighted by Crippen LogP contribution is 2.11. The Balaban J connectivity index is 1.79. The van der Waals surface area contributed by atoms with E-state index >= 15 is 0 Å². The molecule has 1 aromatic carbocycles. The average Bonchev–Trinajstić information content (AvgIpc) is 2.75. The topological polar surface area (TPSA) is 64.4 Å². The van der Waals surface area contributed by atoms with Crippen molar-refractivity contribution in [3.8, 4) is 5.75 Å². The van der Waals surface area contributed by atoms with Gasteiger partial charge in [-0.1, -0.05) is 23.4 Å². The predicted octanol–water partition coefficient (Wildman–Crippen LogP) is 2.10. The second kappa shape index (κ2) is 6.04. The van der Waals surface area contributed by atoms with E-state index in [2.05, 4.69) is 10.5 Å². The number of nitrogens with zero attached hydrogens (tertiary/aromatic N) is 1. The third-order valence-corrected chi connectivity index (χ3v) is 2.66. The van der Waals surface area contributed by atoms with Gasteiger partial charge in [0.1, 0.15) is 23.7 Å². The SMILES string of the molecule is Cc1noc(C)c1C(=O)NCCOc1ccccc1. The zero-order chi connectivity index (χ0) is 13.7. The molecule has 0 radical (unpaired) electrons. The molecule has 1 N–H and O–H groups in total. The molecule has 0 aliphatic heterocycles. The van der Waals surface area contributed by atoms with E-state index in [0.29, 0.717) is 30.2 Å². The maximum atomic E-state index is 11.9. The molecule has 1 aromatic heterocycles. The lowest BCUT2D eigenvalue weighted by atomic mass is 10.2. The monoisotopic (exact) mass is 260 g/mol. The second-order valence-corrected chi connectivity index (χ2v) is 4.12. The molecule has 2 rings (SSSR count). The van der Waals surface area contributed by atoms with E-state index in [1.54, 1.807) is 13.8 Å². The lowest BCUT2D eigenvalue weighted by Gasteiger charge is -2.07. The Morgan fingerprint density at radius 1 is 1.32 bits per heavy atom. The van der Waals surface area contributed by atoms with Gasteiger partial charge in [-0.25, -0.2) is 0 Å². The first-order valence-corrected chi connectivity index (χ1v) is 6.07. The molecule has 0 atom stereocenters. The molecule has 0 saturated carbocycles. The number of rotatable bonds is 5. The number of aromatic nitrogens is 1. The summed E-state index contributed by atoms with van der Waals surface area (Å²) in [4.78, 5) is 11.9. The van der Waals surface area contributed by atoms with Crippen molar-refractivity contribution in [3.05, 3.63) is 47.3 Å². The summed E-state index contributed by atoms with van der Waals surface area (Å²) >= 11 is 0. The molecule has 19 heavy (non-hydrogen) atoms. The molecule has 1 heterocycles. The van der Waals surface area contributed by atoms with E-state index in [1.807, 2.05) is 30.3 Å². The van der Waals surface area contributed by atoms with E-state index < -0.39 is 0 Å². The highest BCUT2D eigenvalue weighted by atomic mass is 16.5. The van der Waals surface area contributed by atoms with Crippen molar-refractivity contribution in [1.82, 2.24) is 10.5 Å². The summed E-state index contributed by atoms with van der Waals surface area (Å²) in [6.07, 6.45) is 0. The molecule has 0 aliphatic carbocycles. The van der Waals surface area contributed by atoms with Crippen LogP contribution in [0.4, 0.5) is 0 Å². The van der Waals surface area contributed by atoms with E-state index in [9.17, 15) is 4.79 Å². The number of ether oxygens (including phenoxy) is 1. The smallest absolute Gasteiger partial charge is 0.256 e. The van der Waals surface area contributed by atoms with Crippen LogP contribution in [-0.4, -0.2) is 24.2 Å². The van der Waals surface area contributed by atoms with Gasteiger partial charge in [-0.2, -0.15) is 0 Å². The van der Waals surface area contributed by atoms with E-state index in [1.165, 1.54) is 0 Å². The highest BCUT2D eigenvalue weighted by molar-refractivity contribution is 5.96. The van der Waals surface area contributed by atoms with Crippen LogP contribution < -0.4 is 10.1 Å². The number of benzene rings is 1. The number of nitrogens with one attached hydrogen (secondary N) is 1. The number of amides is 1. The van der Waals surface area contributed by atoms with E-state index in [-0.39, 0.29) is 5.91 Å². The Morgan fingerprint density at radius 2 is 2.05 bits per heavy atom. The summed E-state index contributed by atoms with van der Waals surface area (Å²) in [6, 6.07) is 9.47. The molecule has 5 nitrogen and oxygen atoms in total. The molecule has 5 heteroatoms. The van der Waals surface area contributed by atoms with Gasteiger partial charge in [0, 0.05) is 0 Å². The molecule has 0 fully saturated rings. The van der Waals surface area contributed by atoms with Gasteiger partial charge in [-0.15, -0.1) is 0 Å². The largest absolute Gasteiger partial charge is 0.492 e. The molecular weight excluding hydrogens is 244 g/mol. The van der Waals surface area contributed by atoms with Gasteiger partial charge in [0.15, 0.2) is 0 Å². The molecule has 0 aliphatic rings. The maximum Gasteiger partial charge on any atom is 0.256 e. The van der Waals surface area contributed by atoms with Crippen molar-refractivity contribution >= 4 is 5.91 Å². The van der Waals surface area contributed by atoms with Gasteiger partial charge in [-0.3, -0.25) is 4.79 Å². The summed E-state index contributed by atoms with van der Waals surface area (Å²) in [5, 5.41) is 6.52. The van der Waals surface area contributed by atoms with Crippen LogP contribution in [0.5, 0.6) is 5.75 Å². The molecule has 2 aromatic rings. The Hall–Kier alpha value is -2.30. The number of carbonyl (C=O) groups is 1. The van der Waals surface area contributed by atoms with Crippen molar-refractivity contribution in [2.24, 2.45) is 0 Å². The van der Waals surface area contributed by atoms with Gasteiger partial charge < -0.3 is 14.6 Å². The van der Waals surface area contributed by atoms with Crippen LogP contribution in [0.1, 0.15) is 21.8 Å². The number of para-hydroxylation sites is 1. The third-order valence-electron chi connectivity index (χ3n) is 2.66. The van der Waals surface area contributed by atoms with Crippen molar-refractivity contribution in [3.63, 3.8) is 0 Å². The Labute approximate surface area is 111 Å². The summed E-state index contributed by atoms with van der Waals surface area (Å²) in [5.41, 5.74) is 1.10. The fraction of sp³-hybridized carbons (Fsp3) is 0.286. The number of hydrogen-bond acceptors (Lipinski definition) is 4. The van der Waals surface area contributed by atoms with Crippen molar-refractivity contribution in [1.29, 1.82) is 0 Å². The van der Waals surface area contributed by atoms with Gasteiger partial charge in [0.2, 0.25) is 0 Å². The van der Waals surface area contributed by atoms with Crippen molar-refractivity contribution in [2.75, 3.05) is 13.2 Å². The minimum absolute atomic E-state index is 0.187. The van der Waals surface area contributed by atoms with Gasteiger partial charge in [0.25, 0.3) is 5.91 Å². The summed E-state index contributed by atoms with van der Waals surface area (Å²) in [6.45, 7) is 4.30. The van der Waals surface area contributed by atoms with Crippen LogP contribution in [0, 0.1) is 13.8 Å². The summed E-state index contributed by atoms with van der Waals surface area (Å²) in [7, 11) is 0. The minimum Gasteiger partial charge on any atom is -0.492 e. The first-order valence-electron chi connectivity index (χ1n) is 6.07. The van der Waals surface area contributed by atoms with Gasteiger partial charge in [-0.05, 0) is 26.0 Å². The first-order chi connectivity index (χ1) is 9.18. The highest BCUT2D eigenvalue weighted by Gasteiger charge is 2.16. The fourth-order valence-corrected chi connectivity index (χ4v) is 1.75. The summed E-state index contributed by atoms with van der Waals surface area (Å²) in [5.74, 6) is 1.13. The second-order valence-electron chi connectivity index (χ2n) is 4.12. The van der Waals surface area contributed by atoms with E-state index in [4.69, 9.17) is 9.26 Å². The van der Waals surface area contributed by atoms with Crippen LogP contribution >= 0.6 is 0 Å². The average molecular weight is 260 g/mol. The first kappa shape index (κ1) is 13.1. The lowest BCUT2D eigenvalue weighted by Crippen LogP contribution is -2.28. The Bertz CT molecular complexity index is 530.